The first-order chi connectivity index (χ1) is 74.4. The lowest BCUT2D eigenvalue weighted by Crippen LogP contribution is -2.07. The second kappa shape index (κ2) is 38.0. The third kappa shape index (κ3) is 15.9. The van der Waals surface area contributed by atoms with Gasteiger partial charge in [-0.25, -0.2) is 9.97 Å². The van der Waals surface area contributed by atoms with E-state index < -0.39 is 0 Å². The van der Waals surface area contributed by atoms with Gasteiger partial charge in [0.05, 0.1) is 11.6 Å². The molecule has 0 aliphatic heterocycles. The average molecular weight is 1910 g/mol. The molecule has 2 nitrogen and oxygen atoms in total. The molecule has 150 heavy (non-hydrogen) atoms. The Kier molecular flexibility index (Phi) is 22.5. The minimum absolute atomic E-state index is 0.0553. The molecule has 2 heteroatoms. The van der Waals surface area contributed by atoms with Crippen LogP contribution in [0, 0.1) is 0 Å². The van der Waals surface area contributed by atoms with Crippen LogP contribution < -0.4 is 0 Å². The summed E-state index contributed by atoms with van der Waals surface area (Å²) in [6.07, 6.45) is 1.93. The Morgan fingerprint density at radius 1 is 0.113 bits per heavy atom. The van der Waals surface area contributed by atoms with Gasteiger partial charge in [0.2, 0.25) is 0 Å². The number of rotatable bonds is 15. The molecule has 6 aliphatic rings. The molecule has 0 amide bonds. The lowest BCUT2D eigenvalue weighted by molar-refractivity contribution is 0.872. The van der Waals surface area contributed by atoms with Crippen molar-refractivity contribution in [1.29, 1.82) is 0 Å². The van der Waals surface area contributed by atoms with Gasteiger partial charge < -0.3 is 0 Å². The zero-order valence-electron chi connectivity index (χ0n) is 82.6. The van der Waals surface area contributed by atoms with E-state index in [-0.39, 0.29) is 35.5 Å². The van der Waals surface area contributed by atoms with E-state index in [4.69, 9.17) is 9.97 Å². The van der Waals surface area contributed by atoms with E-state index in [1.807, 2.05) is 12.3 Å². The van der Waals surface area contributed by atoms with Crippen LogP contribution in [0.4, 0.5) is 0 Å². The maximum atomic E-state index is 5.31. The Hall–Kier alpha value is -18.9. The van der Waals surface area contributed by atoms with Gasteiger partial charge in [-0.05, 0) is 305 Å². The first kappa shape index (κ1) is 88.8. The van der Waals surface area contributed by atoms with Crippen LogP contribution in [0.15, 0.2) is 570 Å². The lowest BCUT2D eigenvalue weighted by Gasteiger charge is -2.19. The zero-order chi connectivity index (χ0) is 99.1. The Balaban J connectivity index is 0.000000108. The van der Waals surface area contributed by atoms with Crippen molar-refractivity contribution >= 4 is 0 Å². The van der Waals surface area contributed by atoms with Gasteiger partial charge in [0, 0.05) is 41.3 Å². The fraction of sp³-hybridized carbons (Fsp3) is 0.0405. The third-order valence-electron chi connectivity index (χ3n) is 32.2. The first-order valence-corrected chi connectivity index (χ1v) is 52.5. The molecule has 6 unspecified atom stereocenters. The van der Waals surface area contributed by atoms with Crippen molar-refractivity contribution in [2.24, 2.45) is 0 Å². The molecule has 0 saturated heterocycles. The van der Waals surface area contributed by atoms with Gasteiger partial charge in [0.15, 0.2) is 0 Å². The number of hydrogen-bond acceptors (Lipinski definition) is 2. The topological polar surface area (TPSA) is 25.8 Å². The van der Waals surface area contributed by atoms with Gasteiger partial charge in [0.25, 0.3) is 0 Å². The lowest BCUT2D eigenvalue weighted by atomic mass is 9.84. The second-order valence-electron chi connectivity index (χ2n) is 40.6. The molecule has 30 rings (SSSR count). The van der Waals surface area contributed by atoms with Crippen LogP contribution >= 0.6 is 0 Å². The maximum Gasteiger partial charge on any atom is 0.140 e. The Morgan fingerprint density at radius 2 is 0.313 bits per heavy atom. The molecular formula is C148H100N2. The fourth-order valence-electron chi connectivity index (χ4n) is 25.3. The molecule has 702 valence electrons. The van der Waals surface area contributed by atoms with Crippen molar-refractivity contribution in [3.05, 3.63) is 671 Å². The van der Waals surface area contributed by atoms with Gasteiger partial charge in [-0.1, -0.05) is 510 Å². The van der Waals surface area contributed by atoms with Crippen LogP contribution in [0.1, 0.15) is 136 Å². The van der Waals surface area contributed by atoms with E-state index >= 15 is 0 Å². The van der Waals surface area contributed by atoms with Crippen LogP contribution in [0.2, 0.25) is 0 Å². The summed E-state index contributed by atoms with van der Waals surface area (Å²) >= 11 is 0. The highest BCUT2D eigenvalue weighted by Gasteiger charge is 2.42. The molecule has 0 spiro atoms. The van der Waals surface area contributed by atoms with Crippen molar-refractivity contribution in [3.8, 4) is 167 Å². The fourth-order valence-corrected chi connectivity index (χ4v) is 25.3. The first-order valence-electron chi connectivity index (χ1n) is 52.5. The predicted molar refractivity (Wildman–Crippen MR) is 621 cm³/mol. The summed E-state index contributed by atoms with van der Waals surface area (Å²) in [5.74, 6) is 1.73. The van der Waals surface area contributed by atoms with Gasteiger partial charge in [-0.15, -0.1) is 0 Å². The van der Waals surface area contributed by atoms with E-state index in [0.29, 0.717) is 0 Å². The minimum Gasteiger partial charge on any atom is -0.240 e. The van der Waals surface area contributed by atoms with Crippen molar-refractivity contribution in [3.63, 3.8) is 0 Å². The monoisotopic (exact) mass is 1900 g/mol. The smallest absolute Gasteiger partial charge is 0.140 e. The van der Waals surface area contributed by atoms with E-state index in [1.54, 1.807) is 0 Å². The molecule has 0 saturated carbocycles. The van der Waals surface area contributed by atoms with Gasteiger partial charge in [0.1, 0.15) is 5.82 Å². The molecule has 1 heterocycles. The molecule has 0 bridgehead atoms. The molecule has 6 atom stereocenters. The number of fused-ring (bicyclic) bond motifs is 18. The van der Waals surface area contributed by atoms with Crippen molar-refractivity contribution in [1.82, 2.24) is 9.97 Å². The summed E-state index contributed by atoms with van der Waals surface area (Å²) < 4.78 is 0. The molecule has 23 aromatic carbocycles. The summed E-state index contributed by atoms with van der Waals surface area (Å²) in [7, 11) is 0. The summed E-state index contributed by atoms with van der Waals surface area (Å²) in [4.78, 5) is 10.3. The van der Waals surface area contributed by atoms with E-state index in [2.05, 4.69) is 558 Å². The number of nitrogens with zero attached hydrogens (tertiary/aromatic N) is 2. The Morgan fingerprint density at radius 3 is 0.640 bits per heavy atom. The van der Waals surface area contributed by atoms with Gasteiger partial charge in [-0.3, -0.25) is 0 Å². The molecule has 24 aromatic rings. The Bertz CT molecular complexity index is 8880. The third-order valence-corrected chi connectivity index (χ3v) is 32.2. The van der Waals surface area contributed by atoms with Crippen LogP contribution in [0.3, 0.4) is 0 Å². The largest absolute Gasteiger partial charge is 0.240 e. The van der Waals surface area contributed by atoms with E-state index in [9.17, 15) is 0 Å². The quantitative estimate of drug-likeness (QED) is 0.102. The minimum atomic E-state index is -0.0553. The highest BCUT2D eigenvalue weighted by molar-refractivity contribution is 5.96. The number of benzene rings is 23. The Labute approximate surface area is 876 Å². The van der Waals surface area contributed by atoms with Crippen LogP contribution in [0.5, 0.6) is 0 Å². The van der Waals surface area contributed by atoms with Crippen molar-refractivity contribution in [2.45, 2.75) is 35.5 Å². The molecule has 0 fully saturated rings. The summed E-state index contributed by atoms with van der Waals surface area (Å²) in [5, 5.41) is 0. The van der Waals surface area contributed by atoms with Crippen molar-refractivity contribution < 1.29 is 0 Å². The predicted octanol–water partition coefficient (Wildman–Crippen LogP) is 37.8. The zero-order valence-corrected chi connectivity index (χ0v) is 82.6. The SMILES string of the molecule is c1ccc(-c2cc(-c3ccccc3)cc(-c3cccc(C4c5ccccc5-c5cc6c(cc54)C(c4ccccc4)c4ccccc4-6)c3)c2)cc1.c1ccc(-c2ccc(-c3cccc(-c4cccc(C5c6ccccc6-c6cc7c(cc65)C(c5ccccc5)c5ccccc5-7)c4)c3)cc2)cc1.c1ccc(-c2ccc(-c3cccc(-c4ccnc(C5c6ccccc6-c6cc7c(cc65)C(c5ccccc5)c5ccccc5-7)n4)c3)cc2)cc1. The normalized spacial score (nSPS) is 15.2. The molecule has 6 aliphatic carbocycles. The van der Waals surface area contributed by atoms with E-state index in [0.717, 1.165) is 17.1 Å². The number of aromatic nitrogens is 2. The molecular weight excluding hydrogens is 1810 g/mol. The molecule has 0 N–H and O–H groups in total. The average Bonchev–Trinajstić information content (AvgIpc) is 1.56. The summed E-state index contributed by atoms with van der Waals surface area (Å²) in [6, 6.07) is 207. The standard InChI is InChI=1S/2C50H34.C48H32N2/c1-4-15-33(16-5-1)38-28-39(34-17-6-2-7-18-34)30-40(29-38)36-21-14-22-37(27-36)50-44-26-13-11-24-42(44)46-31-45-41-23-10-12-25-43(41)49(47(45)32-48(46)50)35-19-8-3-9-20-35;1-3-13-33(14-4-1)34-25-27-35(28-26-34)37-17-11-18-38(29-37)39-19-12-20-40(30-39)50-44-24-10-8-22-42(44)46-31-45-41-21-7-9-23-43(41)49(47(45)32-48(46)50)36-15-5-2-6-16-36;1-3-12-31(13-4-1)32-22-24-33(25-23-32)35-16-11-17-36(28-35)45-26-27-49-48(50-45)47-40-21-10-8-19-38(40)42-29-41-37-18-7-9-20-39(37)46(43(41)30-44(42)47)34-14-5-2-6-15-34/h2*1-32,49-50H;1-30,46-47H. The van der Waals surface area contributed by atoms with Crippen molar-refractivity contribution in [2.75, 3.05) is 0 Å². The summed E-state index contributed by atoms with van der Waals surface area (Å²) in [5.41, 5.74) is 60.8. The molecule has 0 radical (unpaired) electrons. The van der Waals surface area contributed by atoms with Gasteiger partial charge in [-0.2, -0.15) is 0 Å². The highest BCUT2D eigenvalue weighted by Crippen LogP contribution is 2.61. The second-order valence-corrected chi connectivity index (χ2v) is 40.6. The van der Waals surface area contributed by atoms with E-state index in [1.165, 1.54) is 250 Å². The van der Waals surface area contributed by atoms with Crippen LogP contribution in [-0.2, 0) is 0 Å². The van der Waals surface area contributed by atoms with Crippen LogP contribution in [-0.4, -0.2) is 9.97 Å². The number of hydrogen-bond donors (Lipinski definition) is 0. The highest BCUT2D eigenvalue weighted by atomic mass is 14.9. The maximum absolute atomic E-state index is 5.31. The van der Waals surface area contributed by atoms with Gasteiger partial charge >= 0.3 is 0 Å². The molecule has 1 aromatic heterocycles. The van der Waals surface area contributed by atoms with Crippen LogP contribution in [0.25, 0.3) is 167 Å². The summed E-state index contributed by atoms with van der Waals surface area (Å²) in [6.45, 7) is 0.